The Balaban J connectivity index is 1.30. The Morgan fingerprint density at radius 3 is 2.51 bits per heavy atom. The smallest absolute Gasteiger partial charge is 0.254 e. The minimum Gasteiger partial charge on any atom is -0.457 e. The first-order valence-corrected chi connectivity index (χ1v) is 12.4. The van der Waals surface area contributed by atoms with Crippen molar-refractivity contribution >= 4 is 17.3 Å². The van der Waals surface area contributed by atoms with Crippen LogP contribution in [0.5, 0.6) is 11.5 Å². The van der Waals surface area contributed by atoms with Gasteiger partial charge in [-0.3, -0.25) is 14.9 Å². The summed E-state index contributed by atoms with van der Waals surface area (Å²) in [7, 11) is 0. The van der Waals surface area contributed by atoms with Gasteiger partial charge in [0.15, 0.2) is 11.3 Å². The van der Waals surface area contributed by atoms with E-state index in [9.17, 15) is 4.79 Å². The van der Waals surface area contributed by atoms with Crippen molar-refractivity contribution in [3.8, 4) is 11.5 Å². The lowest BCUT2D eigenvalue weighted by atomic mass is 9.91. The van der Waals surface area contributed by atoms with E-state index in [0.29, 0.717) is 49.6 Å². The van der Waals surface area contributed by atoms with E-state index >= 15 is 0 Å². The highest BCUT2D eigenvalue weighted by atomic mass is 16.5. The fraction of sp³-hybridized carbons (Fsp3) is 0.207. The topological polar surface area (TPSA) is 106 Å². The van der Waals surface area contributed by atoms with Gasteiger partial charge in [0.2, 0.25) is 0 Å². The Hall–Kier alpha value is -4.43. The highest BCUT2D eigenvalue weighted by Gasteiger charge is 2.24. The maximum absolute atomic E-state index is 13.1. The van der Waals surface area contributed by atoms with Gasteiger partial charge in [0.25, 0.3) is 5.91 Å². The van der Waals surface area contributed by atoms with Crippen molar-refractivity contribution in [1.29, 1.82) is 0 Å². The summed E-state index contributed by atoms with van der Waals surface area (Å²) in [5, 5.41) is 8.03. The molecule has 4 aromatic rings. The molecular weight excluding hydrogens is 466 g/mol. The van der Waals surface area contributed by atoms with Crippen molar-refractivity contribution in [1.82, 2.24) is 15.1 Å². The number of carbonyl (C=O) groups excluding carboxylic acids is 1. The highest BCUT2D eigenvalue weighted by Crippen LogP contribution is 2.32. The molecule has 3 aromatic carbocycles. The van der Waals surface area contributed by atoms with Gasteiger partial charge in [-0.1, -0.05) is 42.5 Å². The average molecular weight is 494 g/mol. The van der Waals surface area contributed by atoms with Crippen LogP contribution in [0.3, 0.4) is 0 Å². The largest absolute Gasteiger partial charge is 0.457 e. The fourth-order valence-electron chi connectivity index (χ4n) is 4.87. The number of nitrogen functional groups attached to an aromatic ring is 1. The van der Waals surface area contributed by atoms with Crippen LogP contribution in [0.2, 0.25) is 0 Å². The molecule has 1 fully saturated rings. The van der Waals surface area contributed by atoms with Gasteiger partial charge in [0, 0.05) is 25.1 Å². The molecule has 1 saturated heterocycles. The van der Waals surface area contributed by atoms with Crippen LogP contribution in [-0.4, -0.2) is 47.3 Å². The second-order valence-electron chi connectivity index (χ2n) is 9.13. The van der Waals surface area contributed by atoms with E-state index in [0.717, 1.165) is 33.4 Å². The quantitative estimate of drug-likeness (QED) is 0.444. The van der Waals surface area contributed by atoms with Crippen molar-refractivity contribution in [2.24, 2.45) is 4.99 Å². The molecule has 1 atom stereocenters. The Labute approximate surface area is 214 Å². The maximum Gasteiger partial charge on any atom is 0.254 e. The molecule has 6 rings (SSSR count). The Morgan fingerprint density at radius 2 is 1.73 bits per heavy atom. The minimum atomic E-state index is -0.181. The maximum atomic E-state index is 13.1. The molecule has 0 aliphatic carbocycles. The number of nitrogens with zero attached hydrogens (tertiary/aromatic N) is 3. The predicted octanol–water partition coefficient (Wildman–Crippen LogP) is 3.22. The third kappa shape index (κ3) is 4.71. The van der Waals surface area contributed by atoms with Gasteiger partial charge in [-0.2, -0.15) is 5.10 Å². The molecule has 186 valence electrons. The van der Waals surface area contributed by atoms with Gasteiger partial charge in [-0.15, -0.1) is 0 Å². The van der Waals surface area contributed by atoms with Crippen LogP contribution >= 0.6 is 0 Å². The summed E-state index contributed by atoms with van der Waals surface area (Å²) in [6.45, 7) is 2.35. The molecule has 3 heterocycles. The Morgan fingerprint density at radius 1 is 0.973 bits per heavy atom. The number of benzene rings is 3. The van der Waals surface area contributed by atoms with Crippen LogP contribution in [-0.2, 0) is 4.74 Å². The van der Waals surface area contributed by atoms with Crippen LogP contribution in [0.25, 0.3) is 5.57 Å². The van der Waals surface area contributed by atoms with Crippen LogP contribution < -0.4 is 21.2 Å². The molecule has 0 saturated carbocycles. The number of nitrogens with two attached hydrogens (primary N) is 1. The lowest BCUT2D eigenvalue weighted by Gasteiger charge is -2.27. The van der Waals surface area contributed by atoms with Gasteiger partial charge in [0.1, 0.15) is 11.5 Å². The van der Waals surface area contributed by atoms with Crippen LogP contribution in [0.15, 0.2) is 83.9 Å². The number of aromatic nitrogens is 2. The van der Waals surface area contributed by atoms with Crippen LogP contribution in [0.1, 0.15) is 33.9 Å². The van der Waals surface area contributed by atoms with Gasteiger partial charge < -0.3 is 20.1 Å². The number of amides is 1. The number of rotatable bonds is 5. The SMILES string of the molecule is Nc1n[nH]c2c1=C(c1ccc(Oc3ccccc3)cc1)CC(c1cccc(C(=O)N3CCOCC3)c1)N=2. The van der Waals surface area contributed by atoms with E-state index in [1.165, 1.54) is 0 Å². The standard InChI is InChI=1S/C29H27N5O3/c30-27-26-24(19-9-11-23(12-10-19)37-22-7-2-1-3-8-22)18-25(31-28(26)33-32-27)20-5-4-6-21(17-20)29(35)34-13-15-36-16-14-34/h1-12,17,25H,13-16,18H2,(H2,30,32)(H,31,33). The van der Waals surface area contributed by atoms with Gasteiger partial charge in [-0.25, -0.2) is 0 Å². The Bertz CT molecular complexity index is 1540. The second kappa shape index (κ2) is 9.91. The molecule has 2 aliphatic heterocycles. The summed E-state index contributed by atoms with van der Waals surface area (Å²) in [5.74, 6) is 1.98. The molecule has 1 amide bonds. The molecule has 2 aliphatic rings. The summed E-state index contributed by atoms with van der Waals surface area (Å²) >= 11 is 0. The number of fused-ring (bicyclic) bond motifs is 1. The number of hydrogen-bond donors (Lipinski definition) is 2. The molecule has 0 spiro atoms. The third-order valence-corrected chi connectivity index (χ3v) is 6.76. The predicted molar refractivity (Wildman–Crippen MR) is 140 cm³/mol. The second-order valence-corrected chi connectivity index (χ2v) is 9.13. The first-order valence-electron chi connectivity index (χ1n) is 12.4. The van der Waals surface area contributed by atoms with Crippen LogP contribution in [0.4, 0.5) is 5.82 Å². The number of anilines is 1. The lowest BCUT2D eigenvalue weighted by Crippen LogP contribution is -2.40. The lowest BCUT2D eigenvalue weighted by molar-refractivity contribution is 0.0303. The molecule has 1 aromatic heterocycles. The number of carbonyl (C=O) groups is 1. The molecule has 8 heteroatoms. The number of ether oxygens (including phenoxy) is 2. The summed E-state index contributed by atoms with van der Waals surface area (Å²) in [6.07, 6.45) is 0.630. The Kier molecular flexibility index (Phi) is 6.16. The van der Waals surface area contributed by atoms with E-state index < -0.39 is 0 Å². The molecule has 0 radical (unpaired) electrons. The first kappa shape index (κ1) is 23.0. The van der Waals surface area contributed by atoms with Crippen molar-refractivity contribution < 1.29 is 14.3 Å². The number of aromatic amines is 1. The molecule has 37 heavy (non-hydrogen) atoms. The zero-order chi connectivity index (χ0) is 25.2. The average Bonchev–Trinajstić information content (AvgIpc) is 3.34. The summed E-state index contributed by atoms with van der Waals surface area (Å²) in [4.78, 5) is 19.8. The molecule has 1 unspecified atom stereocenters. The highest BCUT2D eigenvalue weighted by molar-refractivity contribution is 5.94. The molecular formula is C29H27N5O3. The summed E-state index contributed by atoms with van der Waals surface area (Å²) < 4.78 is 11.4. The van der Waals surface area contributed by atoms with E-state index in [2.05, 4.69) is 10.2 Å². The minimum absolute atomic E-state index is 0.0191. The first-order chi connectivity index (χ1) is 18.2. The van der Waals surface area contributed by atoms with Gasteiger partial charge in [-0.05, 0) is 53.1 Å². The zero-order valence-electron chi connectivity index (χ0n) is 20.3. The number of morpholine rings is 1. The van der Waals surface area contributed by atoms with Crippen molar-refractivity contribution in [3.63, 3.8) is 0 Å². The number of para-hydroxylation sites is 1. The van der Waals surface area contributed by atoms with Crippen molar-refractivity contribution in [2.45, 2.75) is 12.5 Å². The molecule has 3 N–H and O–H groups in total. The van der Waals surface area contributed by atoms with Gasteiger partial charge in [0.05, 0.1) is 24.5 Å². The van der Waals surface area contributed by atoms with Crippen molar-refractivity contribution in [2.75, 3.05) is 32.0 Å². The van der Waals surface area contributed by atoms with Gasteiger partial charge >= 0.3 is 0 Å². The molecule has 0 bridgehead atoms. The van der Waals surface area contributed by atoms with E-state index in [4.69, 9.17) is 20.2 Å². The zero-order valence-corrected chi connectivity index (χ0v) is 20.3. The molecule has 8 nitrogen and oxygen atoms in total. The van der Waals surface area contributed by atoms with E-state index in [-0.39, 0.29) is 11.9 Å². The van der Waals surface area contributed by atoms with E-state index in [1.54, 1.807) is 0 Å². The number of hydrogen-bond acceptors (Lipinski definition) is 6. The third-order valence-electron chi connectivity index (χ3n) is 6.76. The summed E-state index contributed by atoms with van der Waals surface area (Å²) in [6, 6.07) is 25.2. The normalized spacial score (nSPS) is 17.1. The van der Waals surface area contributed by atoms with Crippen molar-refractivity contribution in [3.05, 3.63) is 106 Å². The summed E-state index contributed by atoms with van der Waals surface area (Å²) in [5.41, 5.74) is 10.6. The number of nitrogens with one attached hydrogen (secondary N) is 1. The monoisotopic (exact) mass is 493 g/mol. The van der Waals surface area contributed by atoms with Crippen LogP contribution in [0, 0.1) is 0 Å². The number of H-pyrrole nitrogens is 1. The fourth-order valence-corrected chi connectivity index (χ4v) is 4.87. The van der Waals surface area contributed by atoms with E-state index in [1.807, 2.05) is 83.8 Å².